The van der Waals surface area contributed by atoms with Gasteiger partial charge in [0.15, 0.2) is 5.82 Å². The standard InChI is InChI=1S/C20H21ClN6O2/c1-14-15(11-23-27(14)17-6-4-3-5-16(17)21)20(28)26-9-7-25(8-10-26)18-12-22-13-19(24-18)29-2/h3-6,11-13H,7-10H2,1-2H3. The third-order valence-corrected chi connectivity index (χ3v) is 5.34. The van der Waals surface area contributed by atoms with Gasteiger partial charge in [-0.15, -0.1) is 0 Å². The number of benzene rings is 1. The van der Waals surface area contributed by atoms with Crippen LogP contribution in [-0.2, 0) is 0 Å². The van der Waals surface area contributed by atoms with E-state index in [4.69, 9.17) is 16.3 Å². The molecule has 0 N–H and O–H groups in total. The fourth-order valence-electron chi connectivity index (χ4n) is 3.38. The predicted octanol–water partition coefficient (Wildman–Crippen LogP) is 2.60. The first-order chi connectivity index (χ1) is 14.1. The molecule has 0 bridgehead atoms. The Balaban J connectivity index is 1.47. The number of amides is 1. The van der Waals surface area contributed by atoms with Crippen molar-refractivity contribution in [2.75, 3.05) is 38.2 Å². The van der Waals surface area contributed by atoms with E-state index < -0.39 is 0 Å². The Morgan fingerprint density at radius 3 is 2.59 bits per heavy atom. The zero-order valence-corrected chi connectivity index (χ0v) is 17.0. The lowest BCUT2D eigenvalue weighted by Gasteiger charge is -2.35. The monoisotopic (exact) mass is 412 g/mol. The summed E-state index contributed by atoms with van der Waals surface area (Å²) in [6.45, 7) is 4.41. The highest BCUT2D eigenvalue weighted by Gasteiger charge is 2.26. The van der Waals surface area contributed by atoms with Gasteiger partial charge in [0.1, 0.15) is 0 Å². The molecule has 1 fully saturated rings. The summed E-state index contributed by atoms with van der Waals surface area (Å²) in [5.74, 6) is 1.19. The van der Waals surface area contributed by atoms with Gasteiger partial charge in [0.2, 0.25) is 5.88 Å². The number of carbonyl (C=O) groups excluding carboxylic acids is 1. The van der Waals surface area contributed by atoms with Crippen molar-refractivity contribution in [2.24, 2.45) is 0 Å². The number of anilines is 1. The molecule has 0 saturated carbocycles. The number of rotatable bonds is 4. The first-order valence-corrected chi connectivity index (χ1v) is 9.66. The van der Waals surface area contributed by atoms with Gasteiger partial charge >= 0.3 is 0 Å². The van der Waals surface area contributed by atoms with E-state index in [-0.39, 0.29) is 5.91 Å². The minimum atomic E-state index is -0.0304. The Hall–Kier alpha value is -3.13. The lowest BCUT2D eigenvalue weighted by molar-refractivity contribution is 0.0745. The van der Waals surface area contributed by atoms with Crippen LogP contribution in [0.5, 0.6) is 5.88 Å². The molecule has 2 aromatic heterocycles. The molecule has 1 aliphatic heterocycles. The molecular formula is C20H21ClN6O2. The normalized spacial score (nSPS) is 14.2. The fraction of sp³-hybridized carbons (Fsp3) is 0.300. The molecule has 8 nitrogen and oxygen atoms in total. The Kier molecular flexibility index (Phi) is 5.35. The number of para-hydroxylation sites is 1. The smallest absolute Gasteiger partial charge is 0.257 e. The van der Waals surface area contributed by atoms with E-state index in [1.54, 1.807) is 36.4 Å². The molecule has 150 valence electrons. The molecule has 0 atom stereocenters. The molecule has 1 amide bonds. The van der Waals surface area contributed by atoms with E-state index >= 15 is 0 Å². The van der Waals surface area contributed by atoms with Gasteiger partial charge in [-0.3, -0.25) is 9.78 Å². The number of ether oxygens (including phenoxy) is 1. The van der Waals surface area contributed by atoms with Gasteiger partial charge in [-0.05, 0) is 19.1 Å². The molecule has 1 aliphatic rings. The zero-order chi connectivity index (χ0) is 20.4. The third-order valence-electron chi connectivity index (χ3n) is 5.02. The van der Waals surface area contributed by atoms with Crippen LogP contribution in [-0.4, -0.2) is 63.8 Å². The van der Waals surface area contributed by atoms with Gasteiger partial charge < -0.3 is 14.5 Å². The summed E-state index contributed by atoms with van der Waals surface area (Å²) in [6, 6.07) is 7.44. The van der Waals surface area contributed by atoms with Crippen molar-refractivity contribution in [3.05, 3.63) is 59.1 Å². The second kappa shape index (κ2) is 8.08. The van der Waals surface area contributed by atoms with Crippen molar-refractivity contribution in [2.45, 2.75) is 6.92 Å². The number of nitrogens with zero attached hydrogens (tertiary/aromatic N) is 6. The largest absolute Gasteiger partial charge is 0.480 e. The first-order valence-electron chi connectivity index (χ1n) is 9.28. The molecule has 1 aromatic carbocycles. The second-order valence-electron chi connectivity index (χ2n) is 6.71. The summed E-state index contributed by atoms with van der Waals surface area (Å²) in [5.41, 5.74) is 2.11. The van der Waals surface area contributed by atoms with Crippen molar-refractivity contribution in [1.82, 2.24) is 24.6 Å². The van der Waals surface area contributed by atoms with Crippen LogP contribution < -0.4 is 9.64 Å². The van der Waals surface area contributed by atoms with Crippen LogP contribution in [0.3, 0.4) is 0 Å². The van der Waals surface area contributed by atoms with Gasteiger partial charge in [-0.2, -0.15) is 10.1 Å². The highest BCUT2D eigenvalue weighted by molar-refractivity contribution is 6.32. The molecule has 0 radical (unpaired) electrons. The Morgan fingerprint density at radius 1 is 1.10 bits per heavy atom. The summed E-state index contributed by atoms with van der Waals surface area (Å²) in [5, 5.41) is 4.98. The van der Waals surface area contributed by atoms with Crippen LogP contribution in [0, 0.1) is 6.92 Å². The molecule has 3 heterocycles. The Bertz CT molecular complexity index is 1030. The molecule has 4 rings (SSSR count). The van der Waals surface area contributed by atoms with Gasteiger partial charge in [-0.25, -0.2) is 4.68 Å². The number of aromatic nitrogens is 4. The molecule has 0 unspecified atom stereocenters. The van der Waals surface area contributed by atoms with Gasteiger partial charge in [-0.1, -0.05) is 23.7 Å². The third kappa shape index (κ3) is 3.75. The van der Waals surface area contributed by atoms with Crippen LogP contribution in [0.1, 0.15) is 16.1 Å². The predicted molar refractivity (Wildman–Crippen MR) is 110 cm³/mol. The maximum Gasteiger partial charge on any atom is 0.257 e. The lowest BCUT2D eigenvalue weighted by Crippen LogP contribution is -2.49. The van der Waals surface area contributed by atoms with E-state index in [1.165, 1.54) is 0 Å². The van der Waals surface area contributed by atoms with Gasteiger partial charge in [0, 0.05) is 26.2 Å². The van der Waals surface area contributed by atoms with Crippen molar-refractivity contribution >= 4 is 23.3 Å². The SMILES string of the molecule is COc1cncc(N2CCN(C(=O)c3cnn(-c4ccccc4Cl)c3C)CC2)n1. The van der Waals surface area contributed by atoms with E-state index in [1.807, 2.05) is 30.0 Å². The van der Waals surface area contributed by atoms with E-state index in [9.17, 15) is 4.79 Å². The Labute approximate surface area is 173 Å². The number of hydrogen-bond acceptors (Lipinski definition) is 6. The highest BCUT2D eigenvalue weighted by Crippen LogP contribution is 2.23. The summed E-state index contributed by atoms with van der Waals surface area (Å²) >= 11 is 6.28. The van der Waals surface area contributed by atoms with E-state index in [0.29, 0.717) is 42.6 Å². The lowest BCUT2D eigenvalue weighted by atomic mass is 10.2. The van der Waals surface area contributed by atoms with Crippen molar-refractivity contribution < 1.29 is 9.53 Å². The number of carbonyl (C=O) groups is 1. The average molecular weight is 413 g/mol. The van der Waals surface area contributed by atoms with E-state index in [2.05, 4.69) is 20.0 Å². The van der Waals surface area contributed by atoms with E-state index in [0.717, 1.165) is 17.2 Å². The molecule has 0 aliphatic carbocycles. The maximum absolute atomic E-state index is 13.1. The van der Waals surface area contributed by atoms with Gasteiger partial charge in [0.25, 0.3) is 5.91 Å². The second-order valence-corrected chi connectivity index (χ2v) is 7.11. The van der Waals surface area contributed by atoms with Crippen molar-refractivity contribution in [3.8, 4) is 11.6 Å². The minimum Gasteiger partial charge on any atom is -0.480 e. The number of hydrogen-bond donors (Lipinski definition) is 0. The number of piperazine rings is 1. The number of halogens is 1. The van der Waals surface area contributed by atoms with Crippen LogP contribution >= 0.6 is 11.6 Å². The van der Waals surface area contributed by atoms with Crippen LogP contribution in [0.25, 0.3) is 5.69 Å². The van der Waals surface area contributed by atoms with Gasteiger partial charge in [0.05, 0.1) is 47.7 Å². The summed E-state index contributed by atoms with van der Waals surface area (Å²) < 4.78 is 6.85. The fourth-order valence-corrected chi connectivity index (χ4v) is 3.60. The van der Waals surface area contributed by atoms with Crippen molar-refractivity contribution in [1.29, 1.82) is 0 Å². The summed E-state index contributed by atoms with van der Waals surface area (Å²) in [6.07, 6.45) is 4.89. The molecular weight excluding hydrogens is 392 g/mol. The molecule has 1 saturated heterocycles. The first kappa shape index (κ1) is 19.2. The quantitative estimate of drug-likeness (QED) is 0.655. The summed E-state index contributed by atoms with van der Waals surface area (Å²) in [7, 11) is 1.57. The average Bonchev–Trinajstić information content (AvgIpc) is 3.15. The van der Waals surface area contributed by atoms with Crippen LogP contribution in [0.15, 0.2) is 42.9 Å². The van der Waals surface area contributed by atoms with Crippen LogP contribution in [0.4, 0.5) is 5.82 Å². The van der Waals surface area contributed by atoms with Crippen molar-refractivity contribution in [3.63, 3.8) is 0 Å². The molecule has 3 aromatic rings. The molecule has 9 heteroatoms. The summed E-state index contributed by atoms with van der Waals surface area (Å²) in [4.78, 5) is 25.6. The topological polar surface area (TPSA) is 76.4 Å². The minimum absolute atomic E-state index is 0.0304. The molecule has 0 spiro atoms. The van der Waals surface area contributed by atoms with Crippen LogP contribution in [0.2, 0.25) is 5.02 Å². The number of methoxy groups -OCH3 is 1. The highest BCUT2D eigenvalue weighted by atomic mass is 35.5. The Morgan fingerprint density at radius 2 is 1.86 bits per heavy atom. The maximum atomic E-state index is 13.1. The molecule has 29 heavy (non-hydrogen) atoms. The zero-order valence-electron chi connectivity index (χ0n) is 16.2.